The number of nitro groups is 1. The number of nitro benzene ring substituents is 1. The molecule has 1 heterocycles. The third kappa shape index (κ3) is 4.05. The van der Waals surface area contributed by atoms with E-state index in [-0.39, 0.29) is 10.6 Å². The molecule has 1 N–H and O–H groups in total. The van der Waals surface area contributed by atoms with E-state index in [0.29, 0.717) is 11.6 Å². The fourth-order valence-electron chi connectivity index (χ4n) is 1.88. The van der Waals surface area contributed by atoms with E-state index in [2.05, 4.69) is 29.4 Å². The second-order valence-electron chi connectivity index (χ2n) is 5.12. The summed E-state index contributed by atoms with van der Waals surface area (Å²) >= 11 is 1.48. The Morgan fingerprint density at radius 2 is 2.14 bits per heavy atom. The van der Waals surface area contributed by atoms with Gasteiger partial charge in [0, 0.05) is 36.2 Å². The van der Waals surface area contributed by atoms with Gasteiger partial charge in [0.15, 0.2) is 0 Å². The third-order valence-corrected chi connectivity index (χ3v) is 4.04. The van der Waals surface area contributed by atoms with E-state index in [1.807, 2.05) is 6.07 Å². The molecule has 0 spiro atoms. The molecule has 0 radical (unpaired) electrons. The molecule has 0 fully saturated rings. The van der Waals surface area contributed by atoms with E-state index in [1.165, 1.54) is 11.3 Å². The summed E-state index contributed by atoms with van der Waals surface area (Å²) in [5.41, 5.74) is 1.51. The van der Waals surface area contributed by atoms with Crippen molar-refractivity contribution in [3.8, 4) is 10.6 Å². The number of aromatic nitrogens is 2. The minimum absolute atomic E-state index is 0.116. The van der Waals surface area contributed by atoms with Gasteiger partial charge in [-0.25, -0.2) is 0 Å². The molecule has 2 aromatic rings. The maximum absolute atomic E-state index is 11.0. The van der Waals surface area contributed by atoms with E-state index in [4.69, 9.17) is 0 Å². The molecule has 112 valence electrons. The molecule has 0 saturated carbocycles. The van der Waals surface area contributed by atoms with Crippen LogP contribution >= 0.6 is 11.3 Å². The normalized spacial score (nSPS) is 11.0. The first-order valence-corrected chi connectivity index (χ1v) is 7.60. The Bertz CT molecular complexity index is 640. The monoisotopic (exact) mass is 306 g/mol. The Morgan fingerprint density at radius 3 is 2.81 bits per heavy atom. The first kappa shape index (κ1) is 15.5. The molecule has 1 aromatic carbocycles. The lowest BCUT2D eigenvalue weighted by Crippen LogP contribution is -2.24. The van der Waals surface area contributed by atoms with Gasteiger partial charge >= 0.3 is 0 Å². The molecule has 0 aliphatic heterocycles. The maximum atomic E-state index is 11.0. The van der Waals surface area contributed by atoms with Crippen LogP contribution in [-0.4, -0.2) is 27.7 Å². The molecule has 0 saturated heterocycles. The van der Waals surface area contributed by atoms with E-state index >= 15 is 0 Å². The Hall–Kier alpha value is -1.86. The summed E-state index contributed by atoms with van der Waals surface area (Å²) in [5, 5.41) is 24.2. The van der Waals surface area contributed by atoms with Gasteiger partial charge in [0.1, 0.15) is 10.0 Å². The summed E-state index contributed by atoms with van der Waals surface area (Å²) in [6.07, 6.45) is 0.809. The fourth-order valence-corrected chi connectivity index (χ4v) is 2.71. The lowest BCUT2D eigenvalue weighted by atomic mass is 10.1. The highest BCUT2D eigenvalue weighted by molar-refractivity contribution is 7.14. The molecule has 0 aliphatic carbocycles. The summed E-state index contributed by atoms with van der Waals surface area (Å²) in [6.45, 7) is 6.76. The van der Waals surface area contributed by atoms with Crippen LogP contribution in [-0.2, 0) is 6.42 Å². The molecule has 21 heavy (non-hydrogen) atoms. The number of aryl methyl sites for hydroxylation is 1. The fraction of sp³-hybridized carbons (Fsp3) is 0.429. The minimum Gasteiger partial charge on any atom is -0.314 e. The number of nitrogens with one attached hydrogen (secondary N) is 1. The average Bonchev–Trinajstić information content (AvgIpc) is 2.87. The molecular formula is C14H18N4O2S. The van der Waals surface area contributed by atoms with Gasteiger partial charge in [-0.05, 0) is 6.92 Å². The van der Waals surface area contributed by atoms with Crippen LogP contribution in [0.2, 0.25) is 0 Å². The lowest BCUT2D eigenvalue weighted by molar-refractivity contribution is -0.385. The third-order valence-electron chi connectivity index (χ3n) is 3.01. The average molecular weight is 306 g/mol. The maximum Gasteiger partial charge on any atom is 0.273 e. The predicted octanol–water partition coefficient (Wildman–Crippen LogP) is 2.96. The Kier molecular flexibility index (Phi) is 4.98. The lowest BCUT2D eigenvalue weighted by Gasteiger charge is -2.05. The Labute approximate surface area is 127 Å². The van der Waals surface area contributed by atoms with Crippen molar-refractivity contribution < 1.29 is 4.92 Å². The van der Waals surface area contributed by atoms with Gasteiger partial charge in [0.05, 0.1) is 4.92 Å². The molecular weight excluding hydrogens is 288 g/mol. The second-order valence-corrected chi connectivity index (χ2v) is 6.18. The standard InChI is InChI=1S/C14H18N4O2S/c1-9(2)15-7-6-13-16-17-14(21-13)11-5-4-10(3)12(8-11)18(19)20/h4-5,8-9,15H,6-7H2,1-3H3. The highest BCUT2D eigenvalue weighted by atomic mass is 32.1. The molecule has 0 amide bonds. The SMILES string of the molecule is Cc1ccc(-c2nnc(CCNC(C)C)s2)cc1[N+](=O)[O-]. The van der Waals surface area contributed by atoms with Crippen molar-refractivity contribution in [1.29, 1.82) is 0 Å². The van der Waals surface area contributed by atoms with Crippen LogP contribution in [0.1, 0.15) is 24.4 Å². The minimum atomic E-state index is -0.368. The van der Waals surface area contributed by atoms with Crippen molar-refractivity contribution in [2.45, 2.75) is 33.2 Å². The van der Waals surface area contributed by atoms with Gasteiger partial charge in [0.25, 0.3) is 5.69 Å². The van der Waals surface area contributed by atoms with Crippen molar-refractivity contribution >= 4 is 17.0 Å². The highest BCUT2D eigenvalue weighted by Crippen LogP contribution is 2.28. The van der Waals surface area contributed by atoms with Gasteiger partial charge in [0.2, 0.25) is 0 Å². The van der Waals surface area contributed by atoms with Crippen LogP contribution in [0.4, 0.5) is 5.69 Å². The Balaban J connectivity index is 2.14. The molecule has 6 nitrogen and oxygen atoms in total. The van der Waals surface area contributed by atoms with E-state index in [9.17, 15) is 10.1 Å². The topological polar surface area (TPSA) is 81.0 Å². The van der Waals surface area contributed by atoms with Crippen molar-refractivity contribution in [1.82, 2.24) is 15.5 Å². The van der Waals surface area contributed by atoms with Crippen LogP contribution in [0.25, 0.3) is 10.6 Å². The molecule has 0 aliphatic rings. The molecule has 1 aromatic heterocycles. The number of hydrogen-bond donors (Lipinski definition) is 1. The zero-order valence-corrected chi connectivity index (χ0v) is 13.1. The number of benzene rings is 1. The molecule has 0 unspecified atom stereocenters. The first-order valence-electron chi connectivity index (χ1n) is 6.78. The van der Waals surface area contributed by atoms with Crippen molar-refractivity contribution in [2.24, 2.45) is 0 Å². The summed E-state index contributed by atoms with van der Waals surface area (Å²) in [4.78, 5) is 10.6. The summed E-state index contributed by atoms with van der Waals surface area (Å²) in [5.74, 6) is 0. The zero-order valence-electron chi connectivity index (χ0n) is 12.3. The van der Waals surface area contributed by atoms with Gasteiger partial charge in [-0.15, -0.1) is 10.2 Å². The first-order chi connectivity index (χ1) is 9.97. The Morgan fingerprint density at radius 1 is 1.38 bits per heavy atom. The van der Waals surface area contributed by atoms with Gasteiger partial charge < -0.3 is 5.32 Å². The van der Waals surface area contributed by atoms with Crippen LogP contribution in [0.3, 0.4) is 0 Å². The van der Waals surface area contributed by atoms with E-state index in [0.717, 1.165) is 28.5 Å². The highest BCUT2D eigenvalue weighted by Gasteiger charge is 2.14. The molecule has 0 bridgehead atoms. The molecule has 2 rings (SSSR count). The van der Waals surface area contributed by atoms with Crippen LogP contribution in [0, 0.1) is 17.0 Å². The summed E-state index contributed by atoms with van der Waals surface area (Å²) in [7, 11) is 0. The van der Waals surface area contributed by atoms with E-state index < -0.39 is 0 Å². The van der Waals surface area contributed by atoms with Crippen LogP contribution in [0.15, 0.2) is 18.2 Å². The van der Waals surface area contributed by atoms with Crippen molar-refractivity contribution in [3.63, 3.8) is 0 Å². The van der Waals surface area contributed by atoms with Gasteiger partial charge in [-0.1, -0.05) is 37.3 Å². The summed E-state index contributed by atoms with van der Waals surface area (Å²) in [6, 6.07) is 5.59. The van der Waals surface area contributed by atoms with Crippen LogP contribution < -0.4 is 5.32 Å². The summed E-state index contributed by atoms with van der Waals surface area (Å²) < 4.78 is 0. The smallest absolute Gasteiger partial charge is 0.273 e. The molecule has 0 atom stereocenters. The number of hydrogen-bond acceptors (Lipinski definition) is 6. The van der Waals surface area contributed by atoms with Gasteiger partial charge in [-0.3, -0.25) is 10.1 Å². The van der Waals surface area contributed by atoms with Crippen molar-refractivity contribution in [2.75, 3.05) is 6.54 Å². The molecule has 7 heteroatoms. The number of nitrogens with zero attached hydrogens (tertiary/aromatic N) is 3. The zero-order chi connectivity index (χ0) is 15.4. The number of rotatable bonds is 6. The quantitative estimate of drug-likeness (QED) is 0.655. The van der Waals surface area contributed by atoms with Crippen LogP contribution in [0.5, 0.6) is 0 Å². The second kappa shape index (κ2) is 6.73. The van der Waals surface area contributed by atoms with Crippen molar-refractivity contribution in [3.05, 3.63) is 38.9 Å². The predicted molar refractivity (Wildman–Crippen MR) is 83.6 cm³/mol. The largest absolute Gasteiger partial charge is 0.314 e. The van der Waals surface area contributed by atoms with Gasteiger partial charge in [-0.2, -0.15) is 0 Å². The van der Waals surface area contributed by atoms with E-state index in [1.54, 1.807) is 19.1 Å².